The molecule has 1 heterocycles. The van der Waals surface area contributed by atoms with E-state index >= 15 is 0 Å². The number of hydrogen-bond donors (Lipinski definition) is 1. The van der Waals surface area contributed by atoms with Crippen molar-refractivity contribution in [1.82, 2.24) is 5.16 Å². The van der Waals surface area contributed by atoms with Gasteiger partial charge in [0.15, 0.2) is 5.76 Å². The third-order valence-electron chi connectivity index (χ3n) is 3.77. The van der Waals surface area contributed by atoms with Gasteiger partial charge < -0.3 is 14.7 Å². The third-order valence-corrected chi connectivity index (χ3v) is 3.77. The number of aryl methyl sites for hydroxylation is 1. The van der Waals surface area contributed by atoms with E-state index in [1.54, 1.807) is 0 Å². The molecule has 3 aromatic rings. The van der Waals surface area contributed by atoms with Crippen LogP contribution in [0, 0.1) is 6.92 Å². The van der Waals surface area contributed by atoms with Crippen LogP contribution in [0.5, 0.6) is 0 Å². The molecule has 24 heavy (non-hydrogen) atoms. The van der Waals surface area contributed by atoms with Gasteiger partial charge >= 0.3 is 0 Å². The van der Waals surface area contributed by atoms with E-state index < -0.39 is 0 Å². The summed E-state index contributed by atoms with van der Waals surface area (Å²) in [6.45, 7) is 2.01. The normalized spacial score (nSPS) is 10.5. The minimum Gasteiger partial charge on any atom is -0.378 e. The van der Waals surface area contributed by atoms with E-state index in [9.17, 15) is 4.79 Å². The fourth-order valence-corrected chi connectivity index (χ4v) is 2.36. The maximum absolute atomic E-state index is 12.5. The zero-order valence-corrected chi connectivity index (χ0v) is 13.9. The van der Waals surface area contributed by atoms with Crippen molar-refractivity contribution in [1.29, 1.82) is 0 Å². The molecule has 1 N–H and O–H groups in total. The van der Waals surface area contributed by atoms with Crippen molar-refractivity contribution in [2.24, 2.45) is 0 Å². The van der Waals surface area contributed by atoms with Gasteiger partial charge in [0.25, 0.3) is 5.91 Å². The van der Waals surface area contributed by atoms with E-state index in [1.165, 1.54) is 6.20 Å². The molecule has 0 bridgehead atoms. The van der Waals surface area contributed by atoms with Crippen LogP contribution in [0.15, 0.2) is 59.3 Å². The Morgan fingerprint density at radius 2 is 1.71 bits per heavy atom. The topological polar surface area (TPSA) is 58.4 Å². The summed E-state index contributed by atoms with van der Waals surface area (Å²) < 4.78 is 5.28. The molecule has 0 spiro atoms. The average molecular weight is 321 g/mol. The maximum atomic E-state index is 12.5. The van der Waals surface area contributed by atoms with Gasteiger partial charge in [0, 0.05) is 31.0 Å². The van der Waals surface area contributed by atoms with E-state index in [0.717, 1.165) is 22.5 Å². The van der Waals surface area contributed by atoms with E-state index in [2.05, 4.69) is 10.5 Å². The Labute approximate surface area is 140 Å². The summed E-state index contributed by atoms with van der Waals surface area (Å²) >= 11 is 0. The molecule has 1 aromatic heterocycles. The number of nitrogens with zero attached hydrogens (tertiary/aromatic N) is 2. The molecule has 0 saturated carbocycles. The van der Waals surface area contributed by atoms with Crippen LogP contribution in [0.1, 0.15) is 15.9 Å². The van der Waals surface area contributed by atoms with Gasteiger partial charge in [-0.05, 0) is 31.2 Å². The van der Waals surface area contributed by atoms with Gasteiger partial charge in [0.2, 0.25) is 0 Å². The molecule has 3 rings (SSSR count). The van der Waals surface area contributed by atoms with Crippen molar-refractivity contribution in [2.45, 2.75) is 6.92 Å². The van der Waals surface area contributed by atoms with Crippen molar-refractivity contribution in [2.75, 3.05) is 24.3 Å². The van der Waals surface area contributed by atoms with Gasteiger partial charge in [-0.3, -0.25) is 4.79 Å². The quantitative estimate of drug-likeness (QED) is 0.790. The van der Waals surface area contributed by atoms with Crippen LogP contribution in [0.25, 0.3) is 11.3 Å². The fourth-order valence-electron chi connectivity index (χ4n) is 2.36. The monoisotopic (exact) mass is 321 g/mol. The van der Waals surface area contributed by atoms with Crippen LogP contribution in [0.4, 0.5) is 11.4 Å². The van der Waals surface area contributed by atoms with E-state index in [1.807, 2.05) is 74.4 Å². The number of anilines is 2. The second-order valence-corrected chi connectivity index (χ2v) is 5.83. The lowest BCUT2D eigenvalue weighted by Crippen LogP contribution is -2.12. The highest BCUT2D eigenvalue weighted by molar-refractivity contribution is 6.07. The maximum Gasteiger partial charge on any atom is 0.261 e. The largest absolute Gasteiger partial charge is 0.378 e. The van der Waals surface area contributed by atoms with Crippen molar-refractivity contribution in [3.63, 3.8) is 0 Å². The number of nitrogens with one attached hydrogen (secondary N) is 1. The lowest BCUT2D eigenvalue weighted by molar-refractivity contribution is 0.102. The Kier molecular flexibility index (Phi) is 4.33. The van der Waals surface area contributed by atoms with Gasteiger partial charge in [-0.25, -0.2) is 0 Å². The van der Waals surface area contributed by atoms with Crippen LogP contribution in [-0.2, 0) is 0 Å². The molecular formula is C19H19N3O2. The van der Waals surface area contributed by atoms with Crippen molar-refractivity contribution in [3.05, 3.63) is 65.9 Å². The van der Waals surface area contributed by atoms with Gasteiger partial charge in [-0.1, -0.05) is 35.0 Å². The first-order chi connectivity index (χ1) is 11.5. The number of hydrogen-bond acceptors (Lipinski definition) is 4. The van der Waals surface area contributed by atoms with Gasteiger partial charge in [0.05, 0.1) is 6.20 Å². The molecular weight excluding hydrogens is 302 g/mol. The summed E-state index contributed by atoms with van der Waals surface area (Å²) in [4.78, 5) is 14.5. The van der Waals surface area contributed by atoms with Crippen LogP contribution in [0.3, 0.4) is 0 Å². The molecule has 122 valence electrons. The van der Waals surface area contributed by atoms with Gasteiger partial charge in [-0.2, -0.15) is 0 Å². The first kappa shape index (κ1) is 15.8. The number of aromatic nitrogens is 1. The number of benzene rings is 2. The molecule has 0 radical (unpaired) electrons. The molecule has 0 saturated heterocycles. The van der Waals surface area contributed by atoms with Gasteiger partial charge in [-0.15, -0.1) is 0 Å². The Morgan fingerprint density at radius 1 is 1.04 bits per heavy atom. The predicted molar refractivity (Wildman–Crippen MR) is 95.4 cm³/mol. The van der Waals surface area contributed by atoms with Crippen molar-refractivity contribution in [3.8, 4) is 11.3 Å². The smallest absolute Gasteiger partial charge is 0.261 e. The minimum atomic E-state index is -0.246. The van der Waals surface area contributed by atoms with Crippen LogP contribution < -0.4 is 10.2 Å². The molecule has 2 aromatic carbocycles. The average Bonchev–Trinajstić information content (AvgIpc) is 3.06. The van der Waals surface area contributed by atoms with Crippen LogP contribution in [-0.4, -0.2) is 25.2 Å². The van der Waals surface area contributed by atoms with Crippen LogP contribution >= 0.6 is 0 Å². The van der Waals surface area contributed by atoms with E-state index in [0.29, 0.717) is 11.3 Å². The molecule has 0 aliphatic heterocycles. The second kappa shape index (κ2) is 6.58. The summed E-state index contributed by atoms with van der Waals surface area (Å²) in [6, 6.07) is 15.4. The minimum absolute atomic E-state index is 0.246. The summed E-state index contributed by atoms with van der Waals surface area (Å²) in [5, 5.41) is 6.65. The summed E-state index contributed by atoms with van der Waals surface area (Å²) in [7, 11) is 3.94. The Balaban J connectivity index is 1.81. The van der Waals surface area contributed by atoms with E-state index in [4.69, 9.17) is 4.52 Å². The highest BCUT2D eigenvalue weighted by atomic mass is 16.5. The second-order valence-electron chi connectivity index (χ2n) is 5.83. The lowest BCUT2D eigenvalue weighted by atomic mass is 10.1. The number of amides is 1. The lowest BCUT2D eigenvalue weighted by Gasteiger charge is -2.13. The molecule has 0 unspecified atom stereocenters. The van der Waals surface area contributed by atoms with E-state index in [-0.39, 0.29) is 5.91 Å². The fraction of sp³-hybridized carbons (Fsp3) is 0.158. The van der Waals surface area contributed by atoms with Gasteiger partial charge in [0.1, 0.15) is 5.56 Å². The Morgan fingerprint density at radius 3 is 2.33 bits per heavy atom. The first-order valence-electron chi connectivity index (χ1n) is 7.65. The van der Waals surface area contributed by atoms with Crippen molar-refractivity contribution >= 4 is 17.3 Å². The summed E-state index contributed by atoms with van der Waals surface area (Å²) in [6.07, 6.45) is 1.44. The highest BCUT2D eigenvalue weighted by Crippen LogP contribution is 2.25. The van der Waals surface area contributed by atoms with Crippen molar-refractivity contribution < 1.29 is 9.32 Å². The first-order valence-corrected chi connectivity index (χ1v) is 7.65. The predicted octanol–water partition coefficient (Wildman–Crippen LogP) is 3.97. The number of carbonyl (C=O) groups is 1. The molecule has 0 aliphatic carbocycles. The standard InChI is InChI=1S/C19H19N3O2/c1-13-4-6-14(7-5-13)18-17(12-20-24-18)19(23)21-15-8-10-16(11-9-15)22(2)3/h4-12H,1-3H3,(H,21,23). The Hall–Kier alpha value is -3.08. The molecule has 1 amide bonds. The zero-order chi connectivity index (χ0) is 17.1. The summed E-state index contributed by atoms with van der Waals surface area (Å²) in [5.74, 6) is 0.224. The summed E-state index contributed by atoms with van der Waals surface area (Å²) in [5.41, 5.74) is 4.17. The molecule has 5 nitrogen and oxygen atoms in total. The van der Waals surface area contributed by atoms with Crippen LogP contribution in [0.2, 0.25) is 0 Å². The molecule has 0 aliphatic rings. The third kappa shape index (κ3) is 3.30. The molecule has 5 heteroatoms. The molecule has 0 fully saturated rings. The highest BCUT2D eigenvalue weighted by Gasteiger charge is 2.18. The SMILES string of the molecule is Cc1ccc(-c2oncc2C(=O)Nc2ccc(N(C)C)cc2)cc1. The molecule has 0 atom stereocenters. The zero-order valence-electron chi connectivity index (χ0n) is 13.9. The number of rotatable bonds is 4. The number of carbonyl (C=O) groups excluding carboxylic acids is 1. The Bertz CT molecular complexity index is 834.